The van der Waals surface area contributed by atoms with Crippen molar-refractivity contribution >= 4 is 18.8 Å². The first kappa shape index (κ1) is 16.4. The van der Waals surface area contributed by atoms with Crippen LogP contribution in [0.25, 0.3) is 5.57 Å². The third kappa shape index (κ3) is 3.25. The van der Waals surface area contributed by atoms with Gasteiger partial charge < -0.3 is 0 Å². The molecule has 0 saturated heterocycles. The first-order chi connectivity index (χ1) is 10.5. The van der Waals surface area contributed by atoms with Crippen LogP contribution in [0, 0.1) is 0 Å². The summed E-state index contributed by atoms with van der Waals surface area (Å²) in [5.74, 6) is 0. The van der Waals surface area contributed by atoms with Gasteiger partial charge in [-0.15, -0.1) is 0 Å². The van der Waals surface area contributed by atoms with Crippen LogP contribution in [0.1, 0.15) is 12.5 Å². The van der Waals surface area contributed by atoms with Crippen LogP contribution in [0.4, 0.5) is 8.78 Å². The van der Waals surface area contributed by atoms with Crippen LogP contribution in [0.2, 0.25) is 13.1 Å². The van der Waals surface area contributed by atoms with Gasteiger partial charge in [0.15, 0.2) is 0 Å². The van der Waals surface area contributed by atoms with Crippen LogP contribution >= 0.6 is 0 Å². The molecule has 0 fully saturated rings. The van der Waals surface area contributed by atoms with Gasteiger partial charge in [0, 0.05) is 5.20 Å². The van der Waals surface area contributed by atoms with Crippen molar-refractivity contribution < 1.29 is 8.78 Å². The molecule has 0 aliphatic heterocycles. The van der Waals surface area contributed by atoms with Gasteiger partial charge in [0.05, 0.1) is 0 Å². The highest BCUT2D eigenvalue weighted by molar-refractivity contribution is 6.97. The molecule has 0 aliphatic rings. The summed E-state index contributed by atoms with van der Waals surface area (Å²) in [4.78, 5) is 0. The van der Waals surface area contributed by atoms with Crippen LogP contribution in [-0.4, -0.2) is 8.07 Å². The van der Waals surface area contributed by atoms with Gasteiger partial charge in [0.2, 0.25) is 0 Å². The molecule has 3 heteroatoms. The van der Waals surface area contributed by atoms with Crippen LogP contribution in [0.15, 0.2) is 78.0 Å². The summed E-state index contributed by atoms with van der Waals surface area (Å²) in [7, 11) is -2.48. The zero-order valence-corrected chi connectivity index (χ0v) is 14.1. The number of benzene rings is 2. The summed E-state index contributed by atoms with van der Waals surface area (Å²) in [6.07, 6.45) is 0.221. The fourth-order valence-electron chi connectivity index (χ4n) is 2.75. The molecule has 0 unspecified atom stereocenters. The zero-order chi connectivity index (χ0) is 16.2. The van der Waals surface area contributed by atoms with Crippen molar-refractivity contribution in [3.63, 3.8) is 0 Å². The van der Waals surface area contributed by atoms with Gasteiger partial charge >= 0.3 is 0 Å². The van der Waals surface area contributed by atoms with Gasteiger partial charge in [-0.25, -0.2) is 0 Å². The molecule has 2 rings (SSSR count). The number of hydrogen-bond acceptors (Lipinski definition) is 0. The Morgan fingerprint density at radius 2 is 1.36 bits per heavy atom. The average molecular weight is 314 g/mol. The van der Waals surface area contributed by atoms with E-state index in [1.165, 1.54) is 0 Å². The zero-order valence-electron chi connectivity index (χ0n) is 13.1. The van der Waals surface area contributed by atoms with Crippen molar-refractivity contribution in [2.24, 2.45) is 0 Å². The van der Waals surface area contributed by atoms with E-state index in [9.17, 15) is 8.78 Å². The second-order valence-corrected chi connectivity index (χ2v) is 10.0. The van der Waals surface area contributed by atoms with E-state index in [-0.39, 0.29) is 5.20 Å². The standard InChI is InChI=1S/C19H20F2Si/c1-4-17(15-11-7-5-8-12-15)18(19(20)21)22(2,3)16-13-9-6-10-14-16/h4-14H,1-3H3/b17-4+. The molecule has 0 saturated carbocycles. The largest absolute Gasteiger partial charge is 0.270 e. The van der Waals surface area contributed by atoms with Crippen molar-refractivity contribution in [3.8, 4) is 0 Å². The summed E-state index contributed by atoms with van der Waals surface area (Å²) in [6.45, 7) is 5.77. The number of rotatable bonds is 4. The van der Waals surface area contributed by atoms with Crippen molar-refractivity contribution in [3.05, 3.63) is 83.6 Å². The molecule has 0 aliphatic carbocycles. The highest BCUT2D eigenvalue weighted by Gasteiger charge is 2.34. The fourth-order valence-corrected chi connectivity index (χ4v) is 5.50. The maximum absolute atomic E-state index is 13.9. The maximum atomic E-state index is 13.9. The van der Waals surface area contributed by atoms with E-state index in [0.717, 1.165) is 10.8 Å². The van der Waals surface area contributed by atoms with E-state index in [0.29, 0.717) is 5.57 Å². The summed E-state index contributed by atoms with van der Waals surface area (Å²) >= 11 is 0. The Morgan fingerprint density at radius 3 is 1.82 bits per heavy atom. The molecule has 2 aromatic rings. The molecule has 0 heterocycles. The Balaban J connectivity index is 2.59. The second-order valence-electron chi connectivity index (χ2n) is 5.69. The molecule has 22 heavy (non-hydrogen) atoms. The molecule has 0 atom stereocenters. The van der Waals surface area contributed by atoms with Gasteiger partial charge in [-0.05, 0) is 18.1 Å². The smallest absolute Gasteiger partial charge is 0.174 e. The van der Waals surface area contributed by atoms with Gasteiger partial charge in [-0.3, -0.25) is 0 Å². The van der Waals surface area contributed by atoms with E-state index in [1.54, 1.807) is 6.08 Å². The van der Waals surface area contributed by atoms with E-state index >= 15 is 0 Å². The Morgan fingerprint density at radius 1 is 0.864 bits per heavy atom. The van der Waals surface area contributed by atoms with Gasteiger partial charge in [-0.1, -0.05) is 85.0 Å². The summed E-state index contributed by atoms with van der Waals surface area (Å²) in [5, 5.41) is 1.22. The lowest BCUT2D eigenvalue weighted by Crippen LogP contribution is -2.44. The predicted octanol–water partition coefficient (Wildman–Crippen LogP) is 5.40. The summed E-state index contributed by atoms with van der Waals surface area (Å²) in [6, 6.07) is 19.1. The monoisotopic (exact) mass is 314 g/mol. The minimum atomic E-state index is -2.48. The van der Waals surface area contributed by atoms with Crippen LogP contribution in [0.5, 0.6) is 0 Å². The van der Waals surface area contributed by atoms with Crippen molar-refractivity contribution in [2.45, 2.75) is 20.0 Å². The Labute approximate surface area is 131 Å². The third-order valence-electron chi connectivity index (χ3n) is 3.95. The topological polar surface area (TPSA) is 0 Å². The Bertz CT molecular complexity index is 682. The minimum absolute atomic E-state index is 0.215. The Hall–Kier alpha value is -2.00. The van der Waals surface area contributed by atoms with Crippen molar-refractivity contribution in [1.29, 1.82) is 0 Å². The number of hydrogen-bond donors (Lipinski definition) is 0. The molecule has 2 aromatic carbocycles. The van der Waals surface area contributed by atoms with Crippen LogP contribution in [0.3, 0.4) is 0 Å². The van der Waals surface area contributed by atoms with E-state index in [4.69, 9.17) is 0 Å². The molecule has 0 bridgehead atoms. The van der Waals surface area contributed by atoms with Crippen LogP contribution < -0.4 is 5.19 Å². The molecular formula is C19H20F2Si. The van der Waals surface area contributed by atoms with Gasteiger partial charge in [0.25, 0.3) is 6.08 Å². The van der Waals surface area contributed by atoms with Crippen molar-refractivity contribution in [1.82, 2.24) is 0 Å². The lowest BCUT2D eigenvalue weighted by atomic mass is 10.1. The fraction of sp³-hybridized carbons (Fsp3) is 0.158. The first-order valence-corrected chi connectivity index (χ1v) is 10.3. The first-order valence-electron chi connectivity index (χ1n) is 7.32. The molecule has 0 aromatic heterocycles. The number of halogens is 2. The molecule has 114 valence electrons. The maximum Gasteiger partial charge on any atom is 0.270 e. The van der Waals surface area contributed by atoms with E-state index in [2.05, 4.69) is 0 Å². The molecule has 0 nitrogen and oxygen atoms in total. The molecule has 0 N–H and O–H groups in total. The summed E-state index contributed by atoms with van der Waals surface area (Å²) < 4.78 is 27.8. The lowest BCUT2D eigenvalue weighted by Gasteiger charge is -2.28. The highest BCUT2D eigenvalue weighted by atomic mass is 28.3. The van der Waals surface area contributed by atoms with Crippen LogP contribution in [-0.2, 0) is 0 Å². The molecule has 0 amide bonds. The lowest BCUT2D eigenvalue weighted by molar-refractivity contribution is 0.419. The van der Waals surface area contributed by atoms with E-state index < -0.39 is 14.2 Å². The van der Waals surface area contributed by atoms with E-state index in [1.807, 2.05) is 80.7 Å². The second kappa shape index (κ2) is 6.84. The quantitative estimate of drug-likeness (QED) is 0.524. The molecular weight excluding hydrogens is 294 g/mol. The summed E-state index contributed by atoms with van der Waals surface area (Å²) in [5.41, 5.74) is 1.48. The minimum Gasteiger partial charge on any atom is -0.174 e. The van der Waals surface area contributed by atoms with Gasteiger partial charge in [0.1, 0.15) is 8.07 Å². The predicted molar refractivity (Wildman–Crippen MR) is 92.9 cm³/mol. The van der Waals surface area contributed by atoms with Gasteiger partial charge in [-0.2, -0.15) is 8.78 Å². The third-order valence-corrected chi connectivity index (χ3v) is 7.44. The number of allylic oxidation sites excluding steroid dienone is 3. The molecule has 0 spiro atoms. The molecule has 0 radical (unpaired) electrons. The highest BCUT2D eigenvalue weighted by Crippen LogP contribution is 2.33. The average Bonchev–Trinajstić information content (AvgIpc) is 2.53. The Kier molecular flexibility index (Phi) is 5.09. The normalized spacial score (nSPS) is 12.1. The van der Waals surface area contributed by atoms with Crippen molar-refractivity contribution in [2.75, 3.05) is 0 Å². The SMILES string of the molecule is C/C=C(/C(=C(F)F)[Si](C)(C)c1ccccc1)c1ccccc1.